The van der Waals surface area contributed by atoms with Crippen molar-refractivity contribution in [1.82, 2.24) is 35.2 Å². The van der Waals surface area contributed by atoms with Crippen LogP contribution < -0.4 is 15.4 Å². The van der Waals surface area contributed by atoms with Gasteiger partial charge in [-0.2, -0.15) is 5.10 Å². The van der Waals surface area contributed by atoms with Gasteiger partial charge >= 0.3 is 0 Å². The molecule has 10 nitrogen and oxygen atoms in total. The van der Waals surface area contributed by atoms with Crippen LogP contribution in [-0.4, -0.2) is 69.5 Å². The molecule has 2 aromatic heterocycles. The molecule has 1 saturated heterocycles. The molecular formula is C23H29ClN8O2. The van der Waals surface area contributed by atoms with Crippen LogP contribution >= 0.6 is 11.6 Å². The van der Waals surface area contributed by atoms with Gasteiger partial charge in [0.25, 0.3) is 5.91 Å². The lowest BCUT2D eigenvalue weighted by Crippen LogP contribution is -2.31. The number of ether oxygens (including phenoxy) is 1. The summed E-state index contributed by atoms with van der Waals surface area (Å²) in [6.45, 7) is 0.368. The van der Waals surface area contributed by atoms with Gasteiger partial charge in [0.15, 0.2) is 22.4 Å². The zero-order chi connectivity index (χ0) is 26.6. The van der Waals surface area contributed by atoms with Gasteiger partial charge in [0.05, 0.1) is 24.0 Å². The fraction of sp³-hybridized carbons (Fsp3) is 0.435. The van der Waals surface area contributed by atoms with E-state index in [4.69, 9.17) is 20.5 Å². The normalized spacial score (nSPS) is 15.8. The Morgan fingerprint density at radius 1 is 1.21 bits per heavy atom. The molecule has 0 unspecified atom stereocenters. The van der Waals surface area contributed by atoms with Gasteiger partial charge in [0.1, 0.15) is 6.33 Å². The van der Waals surface area contributed by atoms with Crippen LogP contribution in [0.15, 0.2) is 24.5 Å². The van der Waals surface area contributed by atoms with E-state index >= 15 is 0 Å². The maximum atomic E-state index is 12.7. The zero-order valence-electron chi connectivity index (χ0n) is 22.1. The predicted octanol–water partition coefficient (Wildman–Crippen LogP) is 3.07. The number of hydrogen-bond acceptors (Lipinski definition) is 8. The molecular weight excluding hydrogens is 456 g/mol. The molecule has 4 rings (SSSR count). The first-order chi connectivity index (χ1) is 17.6. The summed E-state index contributed by atoms with van der Waals surface area (Å²) in [5.41, 5.74) is 2.15. The molecule has 0 atom stereocenters. The summed E-state index contributed by atoms with van der Waals surface area (Å²) in [6, 6.07) is 5.33. The SMILES string of the molecule is [2H]C([2H])([2H])NC(=O)c1nnc(Cl)cc1Nc1cc(CCN2CCCCC2)cc(-c2ncn(C)n2)c1OC. The molecule has 2 N–H and O–H groups in total. The highest BCUT2D eigenvalue weighted by atomic mass is 35.5. The Morgan fingerprint density at radius 3 is 2.74 bits per heavy atom. The van der Waals surface area contributed by atoms with Crippen molar-refractivity contribution in [2.75, 3.05) is 39.0 Å². The molecule has 1 aromatic carbocycles. The summed E-state index contributed by atoms with van der Waals surface area (Å²) in [6.07, 6.45) is 6.06. The minimum absolute atomic E-state index is 0.0276. The summed E-state index contributed by atoms with van der Waals surface area (Å²) in [7, 11) is 3.31. The van der Waals surface area contributed by atoms with Crippen LogP contribution in [0.4, 0.5) is 11.4 Å². The Kier molecular flexibility index (Phi) is 6.40. The topological polar surface area (TPSA) is 110 Å². The van der Waals surface area contributed by atoms with Crippen LogP contribution in [0.5, 0.6) is 5.75 Å². The van der Waals surface area contributed by atoms with Crippen LogP contribution in [0, 0.1) is 0 Å². The van der Waals surface area contributed by atoms with Crippen molar-refractivity contribution in [3.05, 3.63) is 40.9 Å². The third-order valence-corrected chi connectivity index (χ3v) is 5.91. The lowest BCUT2D eigenvalue weighted by molar-refractivity contribution is 0.0958. The Bertz CT molecular complexity index is 1260. The van der Waals surface area contributed by atoms with Gasteiger partial charge in [-0.05, 0) is 50.0 Å². The highest BCUT2D eigenvalue weighted by Crippen LogP contribution is 2.38. The van der Waals surface area contributed by atoms with Crippen molar-refractivity contribution >= 4 is 28.9 Å². The lowest BCUT2D eigenvalue weighted by atomic mass is 10.0. The number of nitrogens with zero attached hydrogens (tertiary/aromatic N) is 6. The van der Waals surface area contributed by atoms with Gasteiger partial charge in [0, 0.05) is 30.7 Å². The maximum Gasteiger partial charge on any atom is 0.273 e. The Labute approximate surface area is 207 Å². The fourth-order valence-corrected chi connectivity index (χ4v) is 4.23. The van der Waals surface area contributed by atoms with E-state index < -0.39 is 12.9 Å². The van der Waals surface area contributed by atoms with E-state index in [1.54, 1.807) is 18.1 Å². The first kappa shape index (κ1) is 20.2. The summed E-state index contributed by atoms with van der Waals surface area (Å²) in [4.78, 5) is 19.5. The van der Waals surface area contributed by atoms with Crippen LogP contribution in [0.25, 0.3) is 11.4 Å². The minimum Gasteiger partial charge on any atom is -0.494 e. The number of methoxy groups -OCH3 is 1. The van der Waals surface area contributed by atoms with E-state index in [1.807, 2.05) is 17.4 Å². The minimum atomic E-state index is -2.69. The van der Waals surface area contributed by atoms with Crippen molar-refractivity contribution in [1.29, 1.82) is 0 Å². The molecule has 0 aliphatic carbocycles. The van der Waals surface area contributed by atoms with E-state index in [-0.39, 0.29) is 16.5 Å². The van der Waals surface area contributed by atoms with Gasteiger partial charge in [-0.1, -0.05) is 18.0 Å². The van der Waals surface area contributed by atoms with Crippen LogP contribution in [0.2, 0.25) is 5.15 Å². The second-order valence-corrected chi connectivity index (χ2v) is 8.51. The first-order valence-electron chi connectivity index (χ1n) is 12.5. The third kappa shape index (κ3) is 5.45. The number of benzene rings is 1. The number of carbonyl (C=O) groups is 1. The number of nitrogens with one attached hydrogen (secondary N) is 2. The molecule has 1 fully saturated rings. The molecule has 1 amide bonds. The number of carbonyl (C=O) groups excluding carboxylic acids is 1. The van der Waals surface area contributed by atoms with Gasteiger partial charge in [-0.15, -0.1) is 10.2 Å². The molecule has 3 heterocycles. The number of aromatic nitrogens is 5. The number of amides is 1. The number of anilines is 2. The molecule has 0 radical (unpaired) electrons. The molecule has 180 valence electrons. The van der Waals surface area contributed by atoms with E-state index in [0.29, 0.717) is 22.8 Å². The van der Waals surface area contributed by atoms with Crippen LogP contribution in [-0.2, 0) is 13.5 Å². The van der Waals surface area contributed by atoms with E-state index in [9.17, 15) is 4.79 Å². The van der Waals surface area contributed by atoms with Gasteiger partial charge in [-0.25, -0.2) is 4.98 Å². The van der Waals surface area contributed by atoms with E-state index in [1.165, 1.54) is 32.4 Å². The summed E-state index contributed by atoms with van der Waals surface area (Å²) >= 11 is 6.08. The summed E-state index contributed by atoms with van der Waals surface area (Å²) in [5, 5.41) is 17.1. The predicted molar refractivity (Wildman–Crippen MR) is 131 cm³/mol. The van der Waals surface area contributed by atoms with Crippen molar-refractivity contribution < 1.29 is 13.6 Å². The number of hydrogen-bond donors (Lipinski definition) is 2. The fourth-order valence-electron chi connectivity index (χ4n) is 4.08. The number of halogens is 1. The average molecular weight is 488 g/mol. The molecule has 1 aliphatic rings. The molecule has 0 bridgehead atoms. The standard InChI is InChI=1S/C23H29ClN8O2/c1-25-23(33)20-17(13-19(24)28-29-20)27-18-12-15(7-10-32-8-5-4-6-9-32)11-16(21(18)34-3)22-26-14-31(2)30-22/h11-14H,4-10H2,1-3H3,(H,25,33)(H,27,28)/i1D3. The first-order valence-corrected chi connectivity index (χ1v) is 11.4. The smallest absolute Gasteiger partial charge is 0.273 e. The maximum absolute atomic E-state index is 12.7. The Morgan fingerprint density at radius 2 is 2.03 bits per heavy atom. The zero-order valence-corrected chi connectivity index (χ0v) is 19.9. The molecule has 0 spiro atoms. The quantitative estimate of drug-likeness (QED) is 0.498. The summed E-state index contributed by atoms with van der Waals surface area (Å²) in [5.74, 6) is 0.00927. The Hall–Kier alpha value is -3.24. The Balaban J connectivity index is 1.73. The molecule has 0 saturated carbocycles. The molecule has 11 heteroatoms. The molecule has 3 aromatic rings. The monoisotopic (exact) mass is 487 g/mol. The van der Waals surface area contributed by atoms with E-state index in [2.05, 4.69) is 30.5 Å². The highest BCUT2D eigenvalue weighted by Gasteiger charge is 2.21. The van der Waals surface area contributed by atoms with Crippen molar-refractivity contribution in [3.8, 4) is 17.1 Å². The molecule has 1 aliphatic heterocycles. The van der Waals surface area contributed by atoms with Crippen molar-refractivity contribution in [3.63, 3.8) is 0 Å². The van der Waals surface area contributed by atoms with Gasteiger partial charge < -0.3 is 20.3 Å². The lowest BCUT2D eigenvalue weighted by Gasteiger charge is -2.26. The highest BCUT2D eigenvalue weighted by molar-refractivity contribution is 6.29. The number of rotatable bonds is 8. The van der Waals surface area contributed by atoms with Crippen molar-refractivity contribution in [2.24, 2.45) is 7.05 Å². The van der Waals surface area contributed by atoms with Crippen LogP contribution in [0.1, 0.15) is 39.4 Å². The largest absolute Gasteiger partial charge is 0.494 e. The number of piperidine rings is 1. The third-order valence-electron chi connectivity index (χ3n) is 5.72. The van der Waals surface area contributed by atoms with Gasteiger partial charge in [0.2, 0.25) is 0 Å². The van der Waals surface area contributed by atoms with Gasteiger partial charge in [-0.3, -0.25) is 9.48 Å². The molecule has 34 heavy (non-hydrogen) atoms. The number of likely N-dealkylation sites (tertiary alicyclic amines) is 1. The number of aryl methyl sites for hydroxylation is 1. The summed E-state index contributed by atoms with van der Waals surface area (Å²) < 4.78 is 29.4. The van der Waals surface area contributed by atoms with Crippen LogP contribution in [0.3, 0.4) is 0 Å². The van der Waals surface area contributed by atoms with E-state index in [0.717, 1.165) is 31.6 Å². The van der Waals surface area contributed by atoms with Crippen molar-refractivity contribution in [2.45, 2.75) is 25.7 Å². The second-order valence-electron chi connectivity index (χ2n) is 8.13. The average Bonchev–Trinajstić information content (AvgIpc) is 3.28. The second kappa shape index (κ2) is 10.8.